The van der Waals surface area contributed by atoms with Gasteiger partial charge in [-0.15, -0.1) is 0 Å². The Morgan fingerprint density at radius 1 is 1.27 bits per heavy atom. The van der Waals surface area contributed by atoms with Crippen molar-refractivity contribution in [2.75, 3.05) is 0 Å². The van der Waals surface area contributed by atoms with Crippen LogP contribution in [0.4, 0.5) is 0 Å². The topological polar surface area (TPSA) is 64.4 Å². The van der Waals surface area contributed by atoms with Crippen LogP contribution in [0.25, 0.3) is 11.3 Å². The number of halogens is 1. The van der Waals surface area contributed by atoms with Gasteiger partial charge >= 0.3 is 0 Å². The summed E-state index contributed by atoms with van der Waals surface area (Å²) in [4.78, 5) is 12.2. The number of fused-ring (bicyclic) bond motifs is 1. The van der Waals surface area contributed by atoms with Crippen LogP contribution in [-0.4, -0.2) is 17.2 Å². The molecule has 6 heteroatoms. The highest BCUT2D eigenvalue weighted by Crippen LogP contribution is 2.33. The summed E-state index contributed by atoms with van der Waals surface area (Å²) in [5, 5.41) is 7.25. The summed E-state index contributed by atoms with van der Waals surface area (Å²) in [6.45, 7) is 2.31. The number of aromatic nitrogens is 1. The van der Waals surface area contributed by atoms with Gasteiger partial charge in [-0.1, -0.05) is 28.9 Å². The van der Waals surface area contributed by atoms with E-state index in [-0.39, 0.29) is 18.6 Å². The zero-order valence-electron chi connectivity index (χ0n) is 14.2. The molecule has 0 saturated heterocycles. The first-order chi connectivity index (χ1) is 12.6. The molecule has 1 aliphatic heterocycles. The molecule has 1 amide bonds. The number of rotatable bonds is 4. The molecule has 1 aromatic heterocycles. The number of amides is 1. The lowest BCUT2D eigenvalue weighted by atomic mass is 10.1. The fourth-order valence-electron chi connectivity index (χ4n) is 3.02. The Labute approximate surface area is 155 Å². The minimum atomic E-state index is -0.246. The Balaban J connectivity index is 1.45. The SMILES string of the molecule is C[C@H]1Cc2cc(-c3cc(CNC(=O)c4ccccc4Cl)no3)ccc2O1. The standard InChI is InChI=1S/C20H17ClN2O3/c1-12-8-14-9-13(6-7-18(14)25-12)19-10-15(23-26-19)11-22-20(24)16-4-2-3-5-17(16)21/h2-7,9-10,12H,8,11H2,1H3,(H,22,24)/t12-/m0/s1. The van der Waals surface area contributed by atoms with Crippen molar-refractivity contribution >= 4 is 17.5 Å². The van der Waals surface area contributed by atoms with Gasteiger partial charge < -0.3 is 14.6 Å². The van der Waals surface area contributed by atoms with Crippen molar-refractivity contribution in [1.82, 2.24) is 10.5 Å². The summed E-state index contributed by atoms with van der Waals surface area (Å²) in [5.41, 5.74) is 3.19. The number of nitrogens with one attached hydrogen (secondary N) is 1. The molecule has 2 heterocycles. The molecule has 0 fully saturated rings. The summed E-state index contributed by atoms with van der Waals surface area (Å²) >= 11 is 6.04. The van der Waals surface area contributed by atoms with Gasteiger partial charge in [0.2, 0.25) is 0 Å². The lowest BCUT2D eigenvalue weighted by molar-refractivity contribution is 0.0950. The van der Waals surface area contributed by atoms with E-state index in [1.165, 1.54) is 5.56 Å². The maximum Gasteiger partial charge on any atom is 0.253 e. The van der Waals surface area contributed by atoms with Crippen molar-refractivity contribution < 1.29 is 14.1 Å². The van der Waals surface area contributed by atoms with Crippen LogP contribution in [0.1, 0.15) is 28.5 Å². The smallest absolute Gasteiger partial charge is 0.253 e. The zero-order valence-corrected chi connectivity index (χ0v) is 14.9. The van der Waals surface area contributed by atoms with Gasteiger partial charge in [-0.25, -0.2) is 0 Å². The van der Waals surface area contributed by atoms with Gasteiger partial charge in [0.25, 0.3) is 5.91 Å². The Bertz CT molecular complexity index is 967. The number of benzene rings is 2. The molecule has 0 spiro atoms. The molecule has 0 bridgehead atoms. The molecule has 0 radical (unpaired) electrons. The van der Waals surface area contributed by atoms with E-state index in [1.807, 2.05) is 25.1 Å². The Morgan fingerprint density at radius 2 is 2.12 bits per heavy atom. The highest BCUT2D eigenvalue weighted by atomic mass is 35.5. The molecule has 26 heavy (non-hydrogen) atoms. The molecular weight excluding hydrogens is 352 g/mol. The highest BCUT2D eigenvalue weighted by Gasteiger charge is 2.20. The van der Waals surface area contributed by atoms with Crippen molar-refractivity contribution in [1.29, 1.82) is 0 Å². The number of hydrogen-bond acceptors (Lipinski definition) is 4. The van der Waals surface area contributed by atoms with Gasteiger partial charge in [0.15, 0.2) is 5.76 Å². The highest BCUT2D eigenvalue weighted by molar-refractivity contribution is 6.33. The lowest BCUT2D eigenvalue weighted by Crippen LogP contribution is -2.23. The minimum Gasteiger partial charge on any atom is -0.490 e. The first kappa shape index (κ1) is 16.7. The van der Waals surface area contributed by atoms with Crippen LogP contribution < -0.4 is 10.1 Å². The number of nitrogens with zero attached hydrogens (tertiary/aromatic N) is 1. The van der Waals surface area contributed by atoms with Gasteiger partial charge in [-0.2, -0.15) is 0 Å². The maximum absolute atomic E-state index is 12.2. The molecule has 1 aliphatic rings. The van der Waals surface area contributed by atoms with Crippen LogP contribution in [0, 0.1) is 0 Å². The van der Waals surface area contributed by atoms with Gasteiger partial charge in [0.05, 0.1) is 17.1 Å². The minimum absolute atomic E-state index is 0.200. The van der Waals surface area contributed by atoms with Crippen LogP contribution in [0.2, 0.25) is 5.02 Å². The van der Waals surface area contributed by atoms with E-state index in [0.717, 1.165) is 17.7 Å². The van der Waals surface area contributed by atoms with Crippen molar-refractivity contribution in [3.63, 3.8) is 0 Å². The first-order valence-electron chi connectivity index (χ1n) is 8.38. The van der Waals surface area contributed by atoms with Crippen LogP contribution in [0.3, 0.4) is 0 Å². The van der Waals surface area contributed by atoms with Crippen LogP contribution in [-0.2, 0) is 13.0 Å². The van der Waals surface area contributed by atoms with Crippen molar-refractivity contribution in [2.45, 2.75) is 26.0 Å². The summed E-state index contributed by atoms with van der Waals surface area (Å²) in [5.74, 6) is 1.34. The molecule has 0 unspecified atom stereocenters. The fourth-order valence-corrected chi connectivity index (χ4v) is 3.24. The Hall–Kier alpha value is -2.79. The average molecular weight is 369 g/mol. The Kier molecular flexibility index (Phi) is 4.39. The molecule has 1 N–H and O–H groups in total. The van der Waals surface area contributed by atoms with E-state index in [2.05, 4.69) is 16.5 Å². The molecule has 3 aromatic rings. The number of ether oxygens (including phenoxy) is 1. The van der Waals surface area contributed by atoms with Gasteiger partial charge in [-0.3, -0.25) is 4.79 Å². The summed E-state index contributed by atoms with van der Waals surface area (Å²) in [6, 6.07) is 14.7. The van der Waals surface area contributed by atoms with E-state index in [9.17, 15) is 4.79 Å². The lowest BCUT2D eigenvalue weighted by Gasteiger charge is -2.04. The van der Waals surface area contributed by atoms with Crippen LogP contribution in [0.15, 0.2) is 53.1 Å². The molecule has 132 valence electrons. The third-order valence-electron chi connectivity index (χ3n) is 4.29. The van der Waals surface area contributed by atoms with Crippen molar-refractivity contribution in [3.8, 4) is 17.1 Å². The van der Waals surface area contributed by atoms with Gasteiger partial charge in [0, 0.05) is 18.1 Å². The Morgan fingerprint density at radius 3 is 2.96 bits per heavy atom. The zero-order chi connectivity index (χ0) is 18.1. The number of carbonyl (C=O) groups is 1. The maximum atomic E-state index is 12.2. The van der Waals surface area contributed by atoms with Crippen LogP contribution >= 0.6 is 11.6 Å². The third-order valence-corrected chi connectivity index (χ3v) is 4.62. The van der Waals surface area contributed by atoms with Crippen molar-refractivity contribution in [3.05, 3.63) is 70.4 Å². The molecule has 2 aromatic carbocycles. The van der Waals surface area contributed by atoms with Gasteiger partial charge in [0.1, 0.15) is 17.5 Å². The number of hydrogen-bond donors (Lipinski definition) is 1. The molecule has 4 rings (SSSR count). The molecule has 0 aliphatic carbocycles. The average Bonchev–Trinajstić information content (AvgIpc) is 3.24. The molecule has 5 nitrogen and oxygen atoms in total. The van der Waals surface area contributed by atoms with Gasteiger partial charge in [-0.05, 0) is 42.8 Å². The summed E-state index contributed by atoms with van der Waals surface area (Å²) in [6.07, 6.45) is 1.09. The quantitative estimate of drug-likeness (QED) is 0.747. The normalized spacial score (nSPS) is 15.4. The second kappa shape index (κ2) is 6.84. The monoisotopic (exact) mass is 368 g/mol. The van der Waals surface area contributed by atoms with E-state index < -0.39 is 0 Å². The second-order valence-electron chi connectivity index (χ2n) is 6.30. The van der Waals surface area contributed by atoms with Crippen molar-refractivity contribution in [2.24, 2.45) is 0 Å². The largest absolute Gasteiger partial charge is 0.490 e. The molecular formula is C20H17ClN2O3. The van der Waals surface area contributed by atoms with E-state index in [0.29, 0.717) is 22.0 Å². The van der Waals surface area contributed by atoms with Crippen LogP contribution in [0.5, 0.6) is 5.75 Å². The fraction of sp³-hybridized carbons (Fsp3) is 0.200. The predicted molar refractivity (Wildman–Crippen MR) is 98.4 cm³/mol. The summed E-state index contributed by atoms with van der Waals surface area (Å²) in [7, 11) is 0. The molecule has 0 saturated carbocycles. The van der Waals surface area contributed by atoms with E-state index >= 15 is 0 Å². The van der Waals surface area contributed by atoms with E-state index in [4.69, 9.17) is 20.9 Å². The number of carbonyl (C=O) groups excluding carboxylic acids is 1. The summed E-state index contributed by atoms with van der Waals surface area (Å²) < 4.78 is 11.1. The third kappa shape index (κ3) is 3.30. The predicted octanol–water partition coefficient (Wildman–Crippen LogP) is 4.25. The molecule has 1 atom stereocenters. The van der Waals surface area contributed by atoms with E-state index in [1.54, 1.807) is 24.3 Å². The second-order valence-corrected chi connectivity index (χ2v) is 6.71. The first-order valence-corrected chi connectivity index (χ1v) is 8.76.